The minimum Gasteiger partial charge on any atom is -0.402 e. The third-order valence-electron chi connectivity index (χ3n) is 4.78. The molecule has 2 fully saturated rings. The molecule has 0 spiro atoms. The second-order valence-electron chi connectivity index (χ2n) is 6.60. The lowest BCUT2D eigenvalue weighted by molar-refractivity contribution is 0.00578. The molecule has 1 saturated heterocycles. The van der Waals surface area contributed by atoms with Crippen molar-refractivity contribution in [3.63, 3.8) is 0 Å². The van der Waals surface area contributed by atoms with Crippen molar-refractivity contribution in [2.45, 2.75) is 76.9 Å². The van der Waals surface area contributed by atoms with Crippen LogP contribution >= 0.6 is 12.4 Å². The highest BCUT2D eigenvalue weighted by Gasteiger charge is 2.54. The molecule has 0 aromatic heterocycles. The van der Waals surface area contributed by atoms with E-state index in [1.54, 1.807) is 0 Å². The Kier molecular flexibility index (Phi) is 5.16. The molecule has 18 heavy (non-hydrogen) atoms. The second-order valence-corrected chi connectivity index (χ2v) is 6.60. The average Bonchev–Trinajstić information content (AvgIpc) is 2.48. The molecule has 0 radical (unpaired) electrons. The molecule has 0 aromatic carbocycles. The molecule has 1 heterocycles. The van der Waals surface area contributed by atoms with Gasteiger partial charge in [0.25, 0.3) is 0 Å². The van der Waals surface area contributed by atoms with Gasteiger partial charge in [0.1, 0.15) is 0 Å². The quantitative estimate of drug-likeness (QED) is 0.788. The van der Waals surface area contributed by atoms with E-state index in [-0.39, 0.29) is 36.7 Å². The molecule has 1 saturated carbocycles. The summed E-state index contributed by atoms with van der Waals surface area (Å²) in [5.41, 5.74) is 5.83. The highest BCUT2D eigenvalue weighted by atomic mass is 35.5. The van der Waals surface area contributed by atoms with Crippen LogP contribution in [0.5, 0.6) is 0 Å². The predicted octanol–water partition coefficient (Wildman–Crippen LogP) is 2.95. The normalized spacial score (nSPS) is 28.8. The number of halogens is 1. The van der Waals surface area contributed by atoms with Gasteiger partial charge in [0.05, 0.1) is 11.2 Å². The summed E-state index contributed by atoms with van der Waals surface area (Å²) < 4.78 is 12.1. The summed E-state index contributed by atoms with van der Waals surface area (Å²) >= 11 is 0. The van der Waals surface area contributed by atoms with Crippen LogP contribution in [0.4, 0.5) is 0 Å². The maximum absolute atomic E-state index is 6.35. The molecule has 0 aromatic rings. The van der Waals surface area contributed by atoms with Crippen molar-refractivity contribution >= 4 is 19.5 Å². The zero-order chi connectivity index (χ0) is 12.7. The van der Waals surface area contributed by atoms with E-state index in [0.29, 0.717) is 5.92 Å². The van der Waals surface area contributed by atoms with Crippen molar-refractivity contribution in [1.82, 2.24) is 0 Å². The largest absolute Gasteiger partial charge is 0.476 e. The molecule has 1 aliphatic heterocycles. The van der Waals surface area contributed by atoms with Gasteiger partial charge in [-0.05, 0) is 46.5 Å². The standard InChI is InChI=1S/C13H26BNO2.ClH/c1-12(2)13(3,4)17-14(16-12)11(15)10-8-6-5-7-9-10;/h10-11H,5-9,15H2,1-4H3;1H/t11-;/m0./s1. The second kappa shape index (κ2) is 5.70. The highest BCUT2D eigenvalue weighted by Crippen LogP contribution is 2.39. The minimum absolute atomic E-state index is 0. The van der Waals surface area contributed by atoms with Gasteiger partial charge >= 0.3 is 7.12 Å². The van der Waals surface area contributed by atoms with Crippen molar-refractivity contribution in [3.8, 4) is 0 Å². The van der Waals surface area contributed by atoms with E-state index in [1.807, 2.05) is 0 Å². The van der Waals surface area contributed by atoms with E-state index < -0.39 is 0 Å². The molecular formula is C13H27BClNO2. The van der Waals surface area contributed by atoms with Crippen LogP contribution in [0.2, 0.25) is 0 Å². The molecule has 1 atom stereocenters. The van der Waals surface area contributed by atoms with Crippen LogP contribution in [0, 0.1) is 5.92 Å². The summed E-state index contributed by atoms with van der Waals surface area (Å²) in [5.74, 6) is 0.592. The Morgan fingerprint density at radius 2 is 1.44 bits per heavy atom. The maximum Gasteiger partial charge on any atom is 0.476 e. The zero-order valence-corrected chi connectivity index (χ0v) is 12.9. The summed E-state index contributed by atoms with van der Waals surface area (Å²) in [6.45, 7) is 8.34. The Bertz CT molecular complexity index is 264. The van der Waals surface area contributed by atoms with E-state index in [2.05, 4.69) is 27.7 Å². The molecule has 2 aliphatic rings. The number of hydrogen-bond acceptors (Lipinski definition) is 3. The first-order chi connectivity index (χ1) is 7.83. The predicted molar refractivity (Wildman–Crippen MR) is 77.9 cm³/mol. The SMILES string of the molecule is CC1(C)OB([C@@H](N)C2CCCCC2)OC1(C)C.Cl. The molecule has 1 aliphatic carbocycles. The molecule has 0 unspecified atom stereocenters. The smallest absolute Gasteiger partial charge is 0.402 e. The first-order valence-electron chi connectivity index (χ1n) is 6.95. The molecule has 0 bridgehead atoms. The summed E-state index contributed by atoms with van der Waals surface area (Å²) in [7, 11) is -0.233. The van der Waals surface area contributed by atoms with Crippen LogP contribution in [0.3, 0.4) is 0 Å². The number of rotatable bonds is 2. The number of nitrogens with two attached hydrogens (primary N) is 1. The fraction of sp³-hybridized carbons (Fsp3) is 1.00. The van der Waals surface area contributed by atoms with E-state index in [1.165, 1.54) is 32.1 Å². The van der Waals surface area contributed by atoms with Gasteiger partial charge in [0.15, 0.2) is 0 Å². The first kappa shape index (κ1) is 16.3. The molecule has 106 valence electrons. The molecule has 2 N–H and O–H groups in total. The van der Waals surface area contributed by atoms with Gasteiger partial charge in [0.2, 0.25) is 0 Å². The Hall–Kier alpha value is 0.235. The average molecular weight is 276 g/mol. The van der Waals surface area contributed by atoms with Gasteiger partial charge in [-0.3, -0.25) is 0 Å². The van der Waals surface area contributed by atoms with E-state index in [9.17, 15) is 0 Å². The van der Waals surface area contributed by atoms with Crippen LogP contribution in [-0.2, 0) is 9.31 Å². The summed E-state index contributed by atoms with van der Waals surface area (Å²) in [4.78, 5) is 0. The van der Waals surface area contributed by atoms with Crippen molar-refractivity contribution < 1.29 is 9.31 Å². The molecule has 3 nitrogen and oxygen atoms in total. The van der Waals surface area contributed by atoms with Gasteiger partial charge in [-0.25, -0.2) is 0 Å². The highest BCUT2D eigenvalue weighted by molar-refractivity contribution is 6.47. The topological polar surface area (TPSA) is 44.5 Å². The molecule has 0 amide bonds. The zero-order valence-electron chi connectivity index (χ0n) is 12.1. The number of hydrogen-bond donors (Lipinski definition) is 1. The molecule has 2 rings (SSSR count). The van der Waals surface area contributed by atoms with Crippen molar-refractivity contribution in [1.29, 1.82) is 0 Å². The van der Waals surface area contributed by atoms with Gasteiger partial charge in [0, 0.05) is 5.94 Å². The Morgan fingerprint density at radius 1 is 1.00 bits per heavy atom. The Morgan fingerprint density at radius 3 is 1.89 bits per heavy atom. The lowest BCUT2D eigenvalue weighted by atomic mass is 9.67. The summed E-state index contributed by atoms with van der Waals surface area (Å²) in [6, 6.07) is 0. The minimum atomic E-state index is -0.260. The van der Waals surface area contributed by atoms with Crippen molar-refractivity contribution in [2.75, 3.05) is 0 Å². The van der Waals surface area contributed by atoms with E-state index >= 15 is 0 Å². The van der Waals surface area contributed by atoms with Crippen molar-refractivity contribution in [3.05, 3.63) is 0 Å². The Balaban J connectivity index is 0.00000162. The summed E-state index contributed by atoms with van der Waals surface area (Å²) in [6.07, 6.45) is 6.42. The van der Waals surface area contributed by atoms with Crippen LogP contribution in [0.25, 0.3) is 0 Å². The molecular weight excluding hydrogens is 248 g/mol. The fourth-order valence-corrected chi connectivity index (χ4v) is 2.79. The van der Waals surface area contributed by atoms with Crippen LogP contribution in [0.1, 0.15) is 59.8 Å². The fourth-order valence-electron chi connectivity index (χ4n) is 2.79. The maximum atomic E-state index is 6.35. The van der Waals surface area contributed by atoms with E-state index in [0.717, 1.165) is 0 Å². The van der Waals surface area contributed by atoms with Gasteiger partial charge in [-0.15, -0.1) is 12.4 Å². The van der Waals surface area contributed by atoms with Crippen LogP contribution in [0.15, 0.2) is 0 Å². The summed E-state index contributed by atoms with van der Waals surface area (Å²) in [5, 5.41) is 0. The third kappa shape index (κ3) is 3.04. The molecule has 5 heteroatoms. The van der Waals surface area contributed by atoms with Gasteiger partial charge < -0.3 is 15.0 Å². The van der Waals surface area contributed by atoms with Gasteiger partial charge in [-0.1, -0.05) is 19.3 Å². The lowest BCUT2D eigenvalue weighted by Gasteiger charge is -2.32. The lowest BCUT2D eigenvalue weighted by Crippen LogP contribution is -2.47. The monoisotopic (exact) mass is 275 g/mol. The Labute approximate surface area is 118 Å². The van der Waals surface area contributed by atoms with Crippen LogP contribution in [-0.4, -0.2) is 24.3 Å². The van der Waals surface area contributed by atoms with Crippen molar-refractivity contribution in [2.24, 2.45) is 11.7 Å². The van der Waals surface area contributed by atoms with Gasteiger partial charge in [-0.2, -0.15) is 0 Å². The third-order valence-corrected chi connectivity index (χ3v) is 4.78. The first-order valence-corrected chi connectivity index (χ1v) is 6.95. The van der Waals surface area contributed by atoms with Crippen LogP contribution < -0.4 is 5.73 Å². The van der Waals surface area contributed by atoms with E-state index in [4.69, 9.17) is 15.0 Å².